The van der Waals surface area contributed by atoms with Crippen LogP contribution >= 0.6 is 0 Å². The highest BCUT2D eigenvalue weighted by Crippen LogP contribution is 2.29. The zero-order chi connectivity index (χ0) is 22.6. The predicted molar refractivity (Wildman–Crippen MR) is 126 cm³/mol. The number of aromatic nitrogens is 1. The van der Waals surface area contributed by atoms with E-state index in [9.17, 15) is 9.59 Å². The van der Waals surface area contributed by atoms with Crippen LogP contribution in [0.5, 0.6) is 0 Å². The fourth-order valence-corrected chi connectivity index (χ4v) is 5.58. The van der Waals surface area contributed by atoms with Gasteiger partial charge in [-0.25, -0.2) is 0 Å². The third-order valence-corrected chi connectivity index (χ3v) is 7.53. The first kappa shape index (κ1) is 22.0. The number of rotatable bonds is 5. The van der Waals surface area contributed by atoms with Crippen molar-refractivity contribution in [2.75, 3.05) is 26.2 Å². The third-order valence-electron chi connectivity index (χ3n) is 7.53. The number of carbonyl (C=O) groups excluding carboxylic acids is 2. The van der Waals surface area contributed by atoms with Gasteiger partial charge in [-0.2, -0.15) is 0 Å². The highest BCUT2D eigenvalue weighted by molar-refractivity contribution is 5.80. The molecule has 0 radical (unpaired) electrons. The zero-order valence-corrected chi connectivity index (χ0v) is 19.1. The number of pyridine rings is 1. The number of likely N-dealkylation sites (tertiary alicyclic amines) is 1. The van der Waals surface area contributed by atoms with Gasteiger partial charge >= 0.3 is 0 Å². The number of aryl methyl sites for hydroxylation is 1. The topological polar surface area (TPSA) is 77.6 Å². The Hall–Kier alpha value is -2.77. The first-order valence-electron chi connectivity index (χ1n) is 12.2. The molecule has 7 nitrogen and oxygen atoms in total. The Labute approximate surface area is 195 Å². The minimum atomic E-state index is -0.0481. The lowest BCUT2D eigenvalue weighted by molar-refractivity contribution is -0.138. The average Bonchev–Trinajstić information content (AvgIpc) is 3.37. The molecule has 33 heavy (non-hydrogen) atoms. The van der Waals surface area contributed by atoms with Crippen molar-refractivity contribution in [1.29, 1.82) is 0 Å². The predicted octanol–water partition coefficient (Wildman–Crippen LogP) is 1.93. The number of piperidine rings is 1. The SMILES string of the molecule is O=C(CCc1cccnc1)N1CCC(C2NNCC2C(=O)N2CCc3ccccc3C2)CC1. The summed E-state index contributed by atoms with van der Waals surface area (Å²) in [6.45, 7) is 3.72. The average molecular weight is 448 g/mol. The van der Waals surface area contributed by atoms with Crippen LogP contribution in [0, 0.1) is 11.8 Å². The van der Waals surface area contributed by atoms with E-state index in [-0.39, 0.29) is 23.8 Å². The highest BCUT2D eigenvalue weighted by atomic mass is 16.2. The standard InChI is InChI=1S/C26H33N5O2/c32-24(8-7-19-4-3-12-27-16-19)30-13-10-21(11-14-30)25-23(17-28-29-25)26(33)31-15-9-20-5-1-2-6-22(20)18-31/h1-6,12,16,21,23,25,28-29H,7-11,13-15,17-18H2. The lowest BCUT2D eigenvalue weighted by Gasteiger charge is -2.38. The second-order valence-corrected chi connectivity index (χ2v) is 9.52. The van der Waals surface area contributed by atoms with Crippen LogP contribution in [-0.4, -0.2) is 58.8 Å². The van der Waals surface area contributed by atoms with Gasteiger partial charge in [0.15, 0.2) is 0 Å². The minimum Gasteiger partial charge on any atom is -0.343 e. The first-order chi connectivity index (χ1) is 16.2. The van der Waals surface area contributed by atoms with E-state index < -0.39 is 0 Å². The second-order valence-electron chi connectivity index (χ2n) is 9.52. The van der Waals surface area contributed by atoms with Crippen molar-refractivity contribution in [2.45, 2.75) is 44.7 Å². The Kier molecular flexibility index (Phi) is 6.69. The molecule has 2 fully saturated rings. The van der Waals surface area contributed by atoms with E-state index in [1.165, 1.54) is 11.1 Å². The summed E-state index contributed by atoms with van der Waals surface area (Å²) in [5.74, 6) is 0.817. The molecule has 174 valence electrons. The van der Waals surface area contributed by atoms with Gasteiger partial charge in [0.05, 0.1) is 5.92 Å². The van der Waals surface area contributed by atoms with Gasteiger partial charge in [-0.05, 0) is 54.4 Å². The van der Waals surface area contributed by atoms with Gasteiger partial charge in [-0.1, -0.05) is 30.3 Å². The Morgan fingerprint density at radius 1 is 1.00 bits per heavy atom. The summed E-state index contributed by atoms with van der Waals surface area (Å²) in [6, 6.07) is 12.5. The minimum absolute atomic E-state index is 0.0481. The van der Waals surface area contributed by atoms with E-state index in [0.29, 0.717) is 25.4 Å². The summed E-state index contributed by atoms with van der Waals surface area (Å²) in [6.07, 6.45) is 7.64. The molecular weight excluding hydrogens is 414 g/mol. The molecule has 0 bridgehead atoms. The van der Waals surface area contributed by atoms with Crippen LogP contribution < -0.4 is 10.9 Å². The van der Waals surface area contributed by atoms with Crippen LogP contribution in [0.15, 0.2) is 48.8 Å². The van der Waals surface area contributed by atoms with Crippen molar-refractivity contribution in [3.8, 4) is 0 Å². The van der Waals surface area contributed by atoms with E-state index in [1.54, 1.807) is 6.20 Å². The number of hydrazine groups is 1. The molecule has 2 aromatic rings. The van der Waals surface area contributed by atoms with Crippen LogP contribution in [0.3, 0.4) is 0 Å². The summed E-state index contributed by atoms with van der Waals surface area (Å²) in [5.41, 5.74) is 10.4. The fourth-order valence-electron chi connectivity index (χ4n) is 5.58. The molecule has 1 aromatic heterocycles. The maximum atomic E-state index is 13.4. The van der Waals surface area contributed by atoms with E-state index in [0.717, 1.165) is 50.9 Å². The monoisotopic (exact) mass is 447 g/mol. The van der Waals surface area contributed by atoms with Crippen LogP contribution in [0.25, 0.3) is 0 Å². The Morgan fingerprint density at radius 3 is 2.61 bits per heavy atom. The lowest BCUT2D eigenvalue weighted by Crippen LogP contribution is -2.50. The number of carbonyl (C=O) groups is 2. The van der Waals surface area contributed by atoms with Crippen molar-refractivity contribution >= 4 is 11.8 Å². The van der Waals surface area contributed by atoms with Gasteiger partial charge in [0.25, 0.3) is 0 Å². The van der Waals surface area contributed by atoms with Crippen LogP contribution in [0.2, 0.25) is 0 Å². The van der Waals surface area contributed by atoms with Crippen molar-refractivity contribution < 1.29 is 9.59 Å². The van der Waals surface area contributed by atoms with Crippen LogP contribution in [0.4, 0.5) is 0 Å². The van der Waals surface area contributed by atoms with Crippen molar-refractivity contribution in [2.24, 2.45) is 11.8 Å². The maximum Gasteiger partial charge on any atom is 0.228 e. The largest absolute Gasteiger partial charge is 0.343 e. The molecule has 0 spiro atoms. The van der Waals surface area contributed by atoms with Crippen molar-refractivity contribution in [3.63, 3.8) is 0 Å². The van der Waals surface area contributed by atoms with Gasteiger partial charge in [-0.3, -0.25) is 25.4 Å². The molecule has 4 heterocycles. The molecule has 0 aliphatic carbocycles. The van der Waals surface area contributed by atoms with Crippen molar-refractivity contribution in [1.82, 2.24) is 25.6 Å². The van der Waals surface area contributed by atoms with Gasteiger partial charge in [0.1, 0.15) is 0 Å². The van der Waals surface area contributed by atoms with Gasteiger partial charge in [-0.15, -0.1) is 0 Å². The normalized spacial score (nSPS) is 23.4. The molecule has 1 aromatic carbocycles. The fraction of sp³-hybridized carbons (Fsp3) is 0.500. The highest BCUT2D eigenvalue weighted by Gasteiger charge is 2.41. The number of amides is 2. The number of hydrogen-bond acceptors (Lipinski definition) is 5. The van der Waals surface area contributed by atoms with E-state index in [1.807, 2.05) is 28.1 Å². The molecule has 2 amide bonds. The smallest absolute Gasteiger partial charge is 0.228 e. The molecule has 2 atom stereocenters. The molecular formula is C26H33N5O2. The summed E-state index contributed by atoms with van der Waals surface area (Å²) in [5, 5.41) is 0. The Bertz CT molecular complexity index is 974. The molecule has 2 unspecified atom stereocenters. The molecule has 0 saturated carbocycles. The molecule has 3 aliphatic rings. The summed E-state index contributed by atoms with van der Waals surface area (Å²) in [7, 11) is 0. The number of fused-ring (bicyclic) bond motifs is 1. The van der Waals surface area contributed by atoms with E-state index in [4.69, 9.17) is 0 Å². The van der Waals surface area contributed by atoms with Crippen molar-refractivity contribution in [3.05, 3.63) is 65.5 Å². The van der Waals surface area contributed by atoms with Gasteiger partial charge in [0.2, 0.25) is 11.8 Å². The Morgan fingerprint density at radius 2 is 1.82 bits per heavy atom. The number of nitrogens with zero attached hydrogens (tertiary/aromatic N) is 3. The lowest BCUT2D eigenvalue weighted by atomic mass is 9.82. The first-order valence-corrected chi connectivity index (χ1v) is 12.2. The van der Waals surface area contributed by atoms with Crippen LogP contribution in [0.1, 0.15) is 36.0 Å². The number of hydrogen-bond donors (Lipinski definition) is 2. The number of benzene rings is 1. The van der Waals surface area contributed by atoms with E-state index >= 15 is 0 Å². The number of nitrogens with one attached hydrogen (secondary N) is 2. The van der Waals surface area contributed by atoms with Gasteiger partial charge in [0, 0.05) is 57.6 Å². The third kappa shape index (κ3) is 4.94. The Balaban J connectivity index is 1.13. The van der Waals surface area contributed by atoms with Crippen LogP contribution in [-0.2, 0) is 29.0 Å². The summed E-state index contributed by atoms with van der Waals surface area (Å²) in [4.78, 5) is 34.3. The molecule has 2 N–H and O–H groups in total. The van der Waals surface area contributed by atoms with Gasteiger partial charge < -0.3 is 9.80 Å². The van der Waals surface area contributed by atoms with E-state index in [2.05, 4.69) is 40.1 Å². The molecule has 7 heteroatoms. The molecule has 2 saturated heterocycles. The zero-order valence-electron chi connectivity index (χ0n) is 19.1. The maximum absolute atomic E-state index is 13.4. The quantitative estimate of drug-likeness (QED) is 0.733. The molecule has 5 rings (SSSR count). The second kappa shape index (κ2) is 10.0. The summed E-state index contributed by atoms with van der Waals surface area (Å²) >= 11 is 0. The summed E-state index contributed by atoms with van der Waals surface area (Å²) < 4.78 is 0. The molecule has 3 aliphatic heterocycles.